The second kappa shape index (κ2) is 5.38. The standard InChI is InChI=1S/C11H22N4S/c1-9-6-12-11(16-9)13-7-10-8-14(2)4-5-15(10)3/h9-10H,4-8H2,1-3H3,(H,12,13). The Kier molecular flexibility index (Phi) is 4.10. The van der Waals surface area contributed by atoms with Gasteiger partial charge in [0.2, 0.25) is 0 Å². The molecule has 1 N–H and O–H groups in total. The molecule has 2 rings (SSSR count). The lowest BCUT2D eigenvalue weighted by molar-refractivity contribution is 0.116. The number of hydrogen-bond acceptors (Lipinski definition) is 5. The summed E-state index contributed by atoms with van der Waals surface area (Å²) in [6.45, 7) is 7.70. The molecular formula is C11H22N4S. The molecule has 0 bridgehead atoms. The van der Waals surface area contributed by atoms with Crippen LogP contribution in [0.1, 0.15) is 6.92 Å². The van der Waals surface area contributed by atoms with Crippen molar-refractivity contribution in [2.24, 2.45) is 4.99 Å². The normalized spacial score (nSPS) is 32.8. The predicted octanol–water partition coefficient (Wildman–Crippen LogP) is 0.313. The fraction of sp³-hybridized carbons (Fsp3) is 0.909. The summed E-state index contributed by atoms with van der Waals surface area (Å²) in [6, 6.07) is 0.609. The van der Waals surface area contributed by atoms with Gasteiger partial charge in [0.15, 0.2) is 5.17 Å². The van der Waals surface area contributed by atoms with Gasteiger partial charge < -0.3 is 10.2 Å². The van der Waals surface area contributed by atoms with Gasteiger partial charge in [-0.3, -0.25) is 9.89 Å². The summed E-state index contributed by atoms with van der Waals surface area (Å²) in [4.78, 5) is 9.32. The van der Waals surface area contributed by atoms with Crippen LogP contribution in [0.4, 0.5) is 0 Å². The average molecular weight is 242 g/mol. The zero-order valence-electron chi connectivity index (χ0n) is 10.4. The second-order valence-electron chi connectivity index (χ2n) is 4.85. The Morgan fingerprint density at radius 1 is 1.44 bits per heavy atom. The Morgan fingerprint density at radius 2 is 2.25 bits per heavy atom. The van der Waals surface area contributed by atoms with Crippen molar-refractivity contribution in [3.8, 4) is 0 Å². The van der Waals surface area contributed by atoms with Crippen LogP contribution in [0.15, 0.2) is 4.99 Å². The molecule has 92 valence electrons. The maximum absolute atomic E-state index is 4.48. The number of aliphatic imine (C=N–C) groups is 1. The highest BCUT2D eigenvalue weighted by atomic mass is 32.2. The first-order valence-corrected chi connectivity index (χ1v) is 6.87. The van der Waals surface area contributed by atoms with Crippen LogP contribution >= 0.6 is 11.8 Å². The SMILES string of the molecule is CC1CN=C(NCC2CN(C)CCN2C)S1. The molecule has 0 amide bonds. The van der Waals surface area contributed by atoms with Crippen molar-refractivity contribution in [3.63, 3.8) is 0 Å². The van der Waals surface area contributed by atoms with Crippen molar-refractivity contribution < 1.29 is 0 Å². The van der Waals surface area contributed by atoms with E-state index in [1.807, 2.05) is 11.8 Å². The van der Waals surface area contributed by atoms with Crippen LogP contribution in [0.25, 0.3) is 0 Å². The Labute approximate surface area is 102 Å². The summed E-state index contributed by atoms with van der Waals surface area (Å²) in [5.41, 5.74) is 0. The molecule has 0 aliphatic carbocycles. The lowest BCUT2D eigenvalue weighted by Gasteiger charge is -2.37. The van der Waals surface area contributed by atoms with E-state index in [4.69, 9.17) is 0 Å². The van der Waals surface area contributed by atoms with Gasteiger partial charge in [0, 0.05) is 37.5 Å². The highest BCUT2D eigenvalue weighted by Gasteiger charge is 2.23. The molecule has 2 unspecified atom stereocenters. The van der Waals surface area contributed by atoms with Crippen molar-refractivity contribution in [3.05, 3.63) is 0 Å². The van der Waals surface area contributed by atoms with Gasteiger partial charge in [-0.1, -0.05) is 18.7 Å². The quantitative estimate of drug-likeness (QED) is 0.755. The van der Waals surface area contributed by atoms with E-state index in [0.29, 0.717) is 11.3 Å². The van der Waals surface area contributed by atoms with E-state index in [0.717, 1.165) is 24.8 Å². The summed E-state index contributed by atoms with van der Waals surface area (Å²) in [7, 11) is 4.41. The smallest absolute Gasteiger partial charge is 0.156 e. The Morgan fingerprint density at radius 3 is 2.94 bits per heavy atom. The predicted molar refractivity (Wildman–Crippen MR) is 71.3 cm³/mol. The van der Waals surface area contributed by atoms with Crippen LogP contribution in [0, 0.1) is 0 Å². The van der Waals surface area contributed by atoms with Crippen molar-refractivity contribution in [1.82, 2.24) is 15.1 Å². The van der Waals surface area contributed by atoms with Crippen LogP contribution < -0.4 is 5.32 Å². The molecule has 2 aliphatic heterocycles. The van der Waals surface area contributed by atoms with E-state index in [-0.39, 0.29) is 0 Å². The zero-order valence-corrected chi connectivity index (χ0v) is 11.3. The van der Waals surface area contributed by atoms with E-state index < -0.39 is 0 Å². The van der Waals surface area contributed by atoms with Crippen LogP contribution in [-0.4, -0.2) is 73.1 Å². The number of amidine groups is 1. The zero-order chi connectivity index (χ0) is 11.5. The minimum atomic E-state index is 0.609. The first kappa shape index (κ1) is 12.2. The van der Waals surface area contributed by atoms with E-state index in [1.165, 1.54) is 13.1 Å². The second-order valence-corrected chi connectivity index (χ2v) is 6.28. The maximum Gasteiger partial charge on any atom is 0.156 e. The van der Waals surface area contributed by atoms with E-state index in [2.05, 4.69) is 41.1 Å². The highest BCUT2D eigenvalue weighted by molar-refractivity contribution is 8.14. The van der Waals surface area contributed by atoms with Crippen LogP contribution in [0.2, 0.25) is 0 Å². The minimum Gasteiger partial charge on any atom is -0.363 e. The van der Waals surface area contributed by atoms with Gasteiger partial charge in [0.25, 0.3) is 0 Å². The average Bonchev–Trinajstić information content (AvgIpc) is 2.66. The number of nitrogens with one attached hydrogen (secondary N) is 1. The van der Waals surface area contributed by atoms with Crippen molar-refractivity contribution >= 4 is 16.9 Å². The van der Waals surface area contributed by atoms with E-state index >= 15 is 0 Å². The summed E-state index contributed by atoms with van der Waals surface area (Å²) < 4.78 is 0. The first-order valence-electron chi connectivity index (χ1n) is 5.99. The molecule has 1 fully saturated rings. The molecular weight excluding hydrogens is 220 g/mol. The Balaban J connectivity index is 1.76. The molecule has 0 aromatic carbocycles. The third-order valence-corrected chi connectivity index (χ3v) is 4.32. The van der Waals surface area contributed by atoms with E-state index in [1.54, 1.807) is 0 Å². The lowest BCUT2D eigenvalue weighted by Crippen LogP contribution is -2.54. The number of thioether (sulfide) groups is 1. The van der Waals surface area contributed by atoms with E-state index in [9.17, 15) is 0 Å². The molecule has 0 radical (unpaired) electrons. The largest absolute Gasteiger partial charge is 0.363 e. The molecule has 2 heterocycles. The Hall–Kier alpha value is -0.260. The van der Waals surface area contributed by atoms with Crippen molar-refractivity contribution in [2.75, 3.05) is 46.8 Å². The van der Waals surface area contributed by atoms with Gasteiger partial charge in [-0.15, -0.1) is 0 Å². The molecule has 4 nitrogen and oxygen atoms in total. The summed E-state index contributed by atoms with van der Waals surface area (Å²) in [5, 5.41) is 5.26. The monoisotopic (exact) mass is 242 g/mol. The van der Waals surface area contributed by atoms with Crippen LogP contribution in [-0.2, 0) is 0 Å². The number of rotatable bonds is 2. The first-order chi connectivity index (χ1) is 7.65. The molecule has 2 aliphatic rings. The molecule has 0 spiro atoms. The number of likely N-dealkylation sites (N-methyl/N-ethyl adjacent to an activating group) is 2. The number of nitrogens with zero attached hydrogens (tertiary/aromatic N) is 3. The fourth-order valence-electron chi connectivity index (χ4n) is 2.10. The summed E-state index contributed by atoms with van der Waals surface area (Å²) in [5.74, 6) is 0. The topological polar surface area (TPSA) is 30.9 Å². The third-order valence-electron chi connectivity index (χ3n) is 3.27. The van der Waals surface area contributed by atoms with Crippen LogP contribution in [0.5, 0.6) is 0 Å². The molecule has 16 heavy (non-hydrogen) atoms. The molecule has 5 heteroatoms. The van der Waals surface area contributed by atoms with Gasteiger partial charge in [-0.05, 0) is 14.1 Å². The lowest BCUT2D eigenvalue weighted by atomic mass is 10.2. The third kappa shape index (κ3) is 3.12. The molecule has 1 saturated heterocycles. The molecule has 0 aromatic heterocycles. The van der Waals surface area contributed by atoms with Gasteiger partial charge in [-0.25, -0.2) is 0 Å². The molecule has 0 saturated carbocycles. The van der Waals surface area contributed by atoms with Crippen LogP contribution in [0.3, 0.4) is 0 Å². The highest BCUT2D eigenvalue weighted by Crippen LogP contribution is 2.18. The Bertz CT molecular complexity index is 269. The number of hydrogen-bond donors (Lipinski definition) is 1. The van der Waals surface area contributed by atoms with Gasteiger partial charge in [-0.2, -0.15) is 0 Å². The van der Waals surface area contributed by atoms with Gasteiger partial charge >= 0.3 is 0 Å². The molecule has 2 atom stereocenters. The van der Waals surface area contributed by atoms with Crippen molar-refractivity contribution in [2.45, 2.75) is 18.2 Å². The summed E-state index contributed by atoms with van der Waals surface area (Å²) >= 11 is 1.86. The number of piperazine rings is 1. The van der Waals surface area contributed by atoms with Crippen molar-refractivity contribution in [1.29, 1.82) is 0 Å². The maximum atomic E-state index is 4.48. The fourth-order valence-corrected chi connectivity index (χ4v) is 2.95. The van der Waals surface area contributed by atoms with Gasteiger partial charge in [0.05, 0.1) is 6.54 Å². The molecule has 0 aromatic rings. The van der Waals surface area contributed by atoms with Gasteiger partial charge in [0.1, 0.15) is 0 Å². The summed E-state index contributed by atoms with van der Waals surface area (Å²) in [6.07, 6.45) is 0. The minimum absolute atomic E-state index is 0.609.